The van der Waals surface area contributed by atoms with Gasteiger partial charge >= 0.3 is 17.9 Å². The van der Waals surface area contributed by atoms with Gasteiger partial charge in [-0.1, -0.05) is 247 Å². The Kier molecular flexibility index (Phi) is 43.7. The molecule has 0 aliphatic rings. The first-order valence-electron chi connectivity index (χ1n) is 25.7. The second-order valence-electron chi connectivity index (χ2n) is 18.8. The number of esters is 3. The highest BCUT2D eigenvalue weighted by Gasteiger charge is 2.19. The van der Waals surface area contributed by atoms with E-state index in [1.807, 2.05) is 0 Å². The van der Waals surface area contributed by atoms with Gasteiger partial charge in [0, 0.05) is 19.3 Å². The Morgan fingerprint density at radius 3 is 0.845 bits per heavy atom. The second kappa shape index (κ2) is 44.9. The number of hydrogen-bond donors (Lipinski definition) is 0. The summed E-state index contributed by atoms with van der Waals surface area (Å²) in [6.07, 6.45) is 45.2. The Bertz CT molecular complexity index is 885. The molecule has 0 saturated carbocycles. The summed E-state index contributed by atoms with van der Waals surface area (Å²) < 4.78 is 16.8. The Balaban J connectivity index is 4.23. The van der Waals surface area contributed by atoms with Crippen LogP contribution in [0.1, 0.15) is 285 Å². The Labute approximate surface area is 361 Å². The summed E-state index contributed by atoms with van der Waals surface area (Å²) in [4.78, 5) is 37.8. The van der Waals surface area contributed by atoms with Gasteiger partial charge in [0.05, 0.1) is 0 Å². The van der Waals surface area contributed by atoms with Crippen LogP contribution in [0.15, 0.2) is 0 Å². The van der Waals surface area contributed by atoms with E-state index in [0.29, 0.717) is 19.3 Å². The molecule has 6 heteroatoms. The molecule has 0 saturated heterocycles. The molecule has 0 radical (unpaired) electrons. The van der Waals surface area contributed by atoms with Crippen molar-refractivity contribution in [2.75, 3.05) is 13.2 Å². The highest BCUT2D eigenvalue weighted by Crippen LogP contribution is 2.17. The maximum atomic E-state index is 12.7. The van der Waals surface area contributed by atoms with Crippen LogP contribution in [0.3, 0.4) is 0 Å². The van der Waals surface area contributed by atoms with E-state index in [2.05, 4.69) is 34.6 Å². The van der Waals surface area contributed by atoms with E-state index < -0.39 is 6.10 Å². The Hall–Kier alpha value is -1.59. The highest BCUT2D eigenvalue weighted by molar-refractivity contribution is 5.71. The van der Waals surface area contributed by atoms with Gasteiger partial charge in [-0.2, -0.15) is 0 Å². The summed E-state index contributed by atoms with van der Waals surface area (Å²) in [6.45, 7) is 11.4. The molecule has 0 N–H and O–H groups in total. The lowest BCUT2D eigenvalue weighted by atomic mass is 10.0. The van der Waals surface area contributed by atoms with Gasteiger partial charge in [-0.15, -0.1) is 0 Å². The first-order chi connectivity index (χ1) is 28.2. The third kappa shape index (κ3) is 45.5. The van der Waals surface area contributed by atoms with Gasteiger partial charge in [-0.25, -0.2) is 0 Å². The lowest BCUT2D eigenvalue weighted by molar-refractivity contribution is -0.167. The van der Waals surface area contributed by atoms with Crippen molar-refractivity contribution >= 4 is 17.9 Å². The minimum Gasteiger partial charge on any atom is -0.462 e. The summed E-state index contributed by atoms with van der Waals surface area (Å²) in [5, 5.41) is 0. The van der Waals surface area contributed by atoms with E-state index in [9.17, 15) is 14.4 Å². The van der Waals surface area contributed by atoms with E-state index in [-0.39, 0.29) is 31.1 Å². The topological polar surface area (TPSA) is 78.9 Å². The van der Waals surface area contributed by atoms with Crippen molar-refractivity contribution in [1.29, 1.82) is 0 Å². The van der Waals surface area contributed by atoms with Crippen LogP contribution in [-0.4, -0.2) is 37.2 Å². The highest BCUT2D eigenvalue weighted by atomic mass is 16.6. The number of carbonyl (C=O) groups is 3. The molecule has 0 heterocycles. The number of unbranched alkanes of at least 4 members (excludes halogenated alkanes) is 31. The zero-order valence-electron chi connectivity index (χ0n) is 39.7. The minimum atomic E-state index is -0.760. The van der Waals surface area contributed by atoms with E-state index in [1.54, 1.807) is 0 Å². The lowest BCUT2D eigenvalue weighted by Gasteiger charge is -2.18. The van der Waals surface area contributed by atoms with Crippen molar-refractivity contribution in [3.05, 3.63) is 0 Å². The standard InChI is InChI=1S/C52H100O6/c1-6-7-8-9-10-20-29-34-39-44-52(55)58-49(46-57-51(54)43-38-33-28-24-19-15-17-22-26-31-36-41-48(4)5)45-56-50(53)42-37-32-27-23-18-14-12-11-13-16-21-25-30-35-40-47(2)3/h47-49H,6-46H2,1-5H3/t49-/m1/s1. The molecular formula is C52H100O6. The third-order valence-corrected chi connectivity index (χ3v) is 11.7. The largest absolute Gasteiger partial charge is 0.462 e. The van der Waals surface area contributed by atoms with Gasteiger partial charge < -0.3 is 14.2 Å². The number of ether oxygens (including phenoxy) is 3. The van der Waals surface area contributed by atoms with Crippen molar-refractivity contribution in [2.24, 2.45) is 11.8 Å². The quantitative estimate of drug-likeness (QED) is 0.0346. The maximum Gasteiger partial charge on any atom is 0.306 e. The van der Waals surface area contributed by atoms with Crippen LogP contribution in [0, 0.1) is 11.8 Å². The molecule has 1 atom stereocenters. The number of rotatable bonds is 46. The first kappa shape index (κ1) is 56.4. The van der Waals surface area contributed by atoms with E-state index in [1.165, 1.54) is 173 Å². The molecule has 0 aliphatic heterocycles. The molecule has 0 spiro atoms. The lowest BCUT2D eigenvalue weighted by Crippen LogP contribution is -2.30. The zero-order valence-corrected chi connectivity index (χ0v) is 39.7. The fourth-order valence-corrected chi connectivity index (χ4v) is 7.81. The Morgan fingerprint density at radius 1 is 0.328 bits per heavy atom. The molecule has 0 aliphatic carbocycles. The van der Waals surface area contributed by atoms with Crippen molar-refractivity contribution in [3.8, 4) is 0 Å². The van der Waals surface area contributed by atoms with Crippen molar-refractivity contribution in [3.63, 3.8) is 0 Å². The zero-order chi connectivity index (χ0) is 42.6. The molecule has 0 bridgehead atoms. The first-order valence-corrected chi connectivity index (χ1v) is 25.7. The van der Waals surface area contributed by atoms with E-state index in [4.69, 9.17) is 14.2 Å². The van der Waals surface area contributed by atoms with Gasteiger partial charge in [0.15, 0.2) is 6.10 Å². The monoisotopic (exact) mass is 821 g/mol. The van der Waals surface area contributed by atoms with Gasteiger partial charge in [0.1, 0.15) is 13.2 Å². The van der Waals surface area contributed by atoms with Crippen LogP contribution in [0.5, 0.6) is 0 Å². The summed E-state index contributed by atoms with van der Waals surface area (Å²) in [6, 6.07) is 0. The molecule has 0 aromatic heterocycles. The predicted molar refractivity (Wildman–Crippen MR) is 247 cm³/mol. The summed E-state index contributed by atoms with van der Waals surface area (Å²) in [5.74, 6) is 0.821. The minimum absolute atomic E-state index is 0.0638. The normalized spacial score (nSPS) is 12.1. The van der Waals surface area contributed by atoms with Crippen molar-refractivity contribution < 1.29 is 28.6 Å². The fourth-order valence-electron chi connectivity index (χ4n) is 7.81. The molecular weight excluding hydrogens is 721 g/mol. The van der Waals surface area contributed by atoms with Crippen LogP contribution in [-0.2, 0) is 28.6 Å². The number of carbonyl (C=O) groups excluding carboxylic acids is 3. The molecule has 0 rings (SSSR count). The molecule has 58 heavy (non-hydrogen) atoms. The maximum absolute atomic E-state index is 12.7. The van der Waals surface area contributed by atoms with E-state index in [0.717, 1.165) is 69.6 Å². The third-order valence-electron chi connectivity index (χ3n) is 11.7. The second-order valence-corrected chi connectivity index (χ2v) is 18.8. The van der Waals surface area contributed by atoms with Crippen LogP contribution in [0.2, 0.25) is 0 Å². The average molecular weight is 821 g/mol. The molecule has 0 fully saturated rings. The fraction of sp³-hybridized carbons (Fsp3) is 0.942. The van der Waals surface area contributed by atoms with Gasteiger partial charge in [-0.3, -0.25) is 14.4 Å². The van der Waals surface area contributed by atoms with Gasteiger partial charge in [0.25, 0.3) is 0 Å². The average Bonchev–Trinajstić information content (AvgIpc) is 3.19. The van der Waals surface area contributed by atoms with Crippen molar-refractivity contribution in [2.45, 2.75) is 291 Å². The van der Waals surface area contributed by atoms with Crippen LogP contribution >= 0.6 is 0 Å². The van der Waals surface area contributed by atoms with Crippen LogP contribution in [0.4, 0.5) is 0 Å². The van der Waals surface area contributed by atoms with Crippen LogP contribution in [0.25, 0.3) is 0 Å². The predicted octanol–water partition coefficient (Wildman–Crippen LogP) is 16.5. The molecule has 344 valence electrons. The molecule has 0 aromatic carbocycles. The van der Waals surface area contributed by atoms with E-state index >= 15 is 0 Å². The smallest absolute Gasteiger partial charge is 0.306 e. The van der Waals surface area contributed by atoms with Gasteiger partial charge in [-0.05, 0) is 31.1 Å². The summed E-state index contributed by atoms with van der Waals surface area (Å²) in [5.41, 5.74) is 0. The molecule has 6 nitrogen and oxygen atoms in total. The Morgan fingerprint density at radius 2 is 0.569 bits per heavy atom. The molecule has 0 amide bonds. The number of hydrogen-bond acceptors (Lipinski definition) is 6. The summed E-state index contributed by atoms with van der Waals surface area (Å²) >= 11 is 0. The molecule has 0 aromatic rings. The SMILES string of the molecule is CCCCCCCCCCCC(=O)O[C@H](COC(=O)CCCCCCCCCCCCCCCCC(C)C)COC(=O)CCCCCCCCCCCCCC(C)C. The molecule has 0 unspecified atom stereocenters. The summed E-state index contributed by atoms with van der Waals surface area (Å²) in [7, 11) is 0. The van der Waals surface area contributed by atoms with Crippen LogP contribution < -0.4 is 0 Å². The van der Waals surface area contributed by atoms with Crippen molar-refractivity contribution in [1.82, 2.24) is 0 Å². The van der Waals surface area contributed by atoms with Gasteiger partial charge in [0.2, 0.25) is 0 Å².